The molecule has 46 valence electrons. The summed E-state index contributed by atoms with van der Waals surface area (Å²) in [6.45, 7) is 0. The smallest absolute Gasteiger partial charge is 0.138 e. The summed E-state index contributed by atoms with van der Waals surface area (Å²) >= 11 is 4.34. The second kappa shape index (κ2) is 2.81. The maximum atomic E-state index is 12.3. The largest absolute Gasteiger partial charge is 0.241 e. The first kappa shape index (κ1) is 7.24. The lowest BCUT2D eigenvalue weighted by Crippen LogP contribution is -1.65. The van der Waals surface area contributed by atoms with E-state index in [0.717, 1.165) is 10.0 Å². The van der Waals surface area contributed by atoms with E-state index in [0.29, 0.717) is 0 Å². The Morgan fingerprint density at radius 2 is 2.25 bits per heavy atom. The molecule has 0 aromatic heterocycles. The van der Waals surface area contributed by atoms with Crippen molar-refractivity contribution in [1.82, 2.24) is 0 Å². The molecular formula is C5H5FI2. The van der Waals surface area contributed by atoms with Crippen LogP contribution in [0.1, 0.15) is 0 Å². The number of hydrogen-bond acceptors (Lipinski definition) is 0. The Kier molecular flexibility index (Phi) is 2.54. The number of allylic oxidation sites excluding steroid dienone is 2. The van der Waals surface area contributed by atoms with Crippen LogP contribution in [-0.4, -0.2) is 14.5 Å². The Balaban J connectivity index is 2.43. The summed E-state index contributed by atoms with van der Waals surface area (Å²) in [4.78, 5) is 0. The van der Waals surface area contributed by atoms with Gasteiger partial charge in [-0.15, -0.1) is 0 Å². The molecule has 1 aliphatic rings. The van der Waals surface area contributed by atoms with Gasteiger partial charge in [0, 0.05) is 4.43 Å². The van der Waals surface area contributed by atoms with E-state index in [-0.39, 0.29) is 3.92 Å². The molecule has 3 heteroatoms. The van der Waals surface area contributed by atoms with Crippen molar-refractivity contribution in [2.45, 2.75) is 10.1 Å². The van der Waals surface area contributed by atoms with E-state index < -0.39 is 6.17 Å². The number of rotatable bonds is 1. The van der Waals surface area contributed by atoms with E-state index in [4.69, 9.17) is 0 Å². The van der Waals surface area contributed by atoms with Crippen molar-refractivity contribution in [1.29, 1.82) is 0 Å². The van der Waals surface area contributed by atoms with Gasteiger partial charge in [0.2, 0.25) is 0 Å². The van der Waals surface area contributed by atoms with Crippen LogP contribution in [0.3, 0.4) is 0 Å². The summed E-state index contributed by atoms with van der Waals surface area (Å²) in [7, 11) is 0. The number of hydrogen-bond donors (Lipinski definition) is 0. The summed E-state index contributed by atoms with van der Waals surface area (Å²) < 4.78 is 13.4. The third-order valence-corrected chi connectivity index (χ3v) is 2.89. The van der Waals surface area contributed by atoms with Crippen molar-refractivity contribution in [3.8, 4) is 0 Å². The predicted octanol–water partition coefficient (Wildman–Crippen LogP) is 2.50. The van der Waals surface area contributed by atoms with Crippen molar-refractivity contribution in [2.24, 2.45) is 0 Å². The highest BCUT2D eigenvalue weighted by Crippen LogP contribution is 2.40. The molecule has 2 unspecified atom stereocenters. The second-order valence-corrected chi connectivity index (χ2v) is 3.88. The van der Waals surface area contributed by atoms with Crippen molar-refractivity contribution >= 4 is 45.2 Å². The third kappa shape index (κ3) is 1.34. The maximum Gasteiger partial charge on any atom is 0.138 e. The lowest BCUT2D eigenvalue weighted by atomic mass is 10.5. The minimum atomic E-state index is -0.620. The molecule has 0 saturated heterocycles. The fraction of sp³-hybridized carbons (Fsp3) is 0.600. The predicted molar refractivity (Wildman–Crippen MR) is 49.7 cm³/mol. The van der Waals surface area contributed by atoms with Gasteiger partial charge in [-0.25, -0.2) is 4.39 Å². The molecule has 1 rings (SSSR count). The van der Waals surface area contributed by atoms with Gasteiger partial charge in [-0.2, -0.15) is 0 Å². The van der Waals surface area contributed by atoms with E-state index in [9.17, 15) is 4.39 Å². The zero-order valence-electron chi connectivity index (χ0n) is 4.07. The normalized spacial score (nSPS) is 40.6. The molecule has 0 N–H and O–H groups in total. The zero-order chi connectivity index (χ0) is 6.15. The van der Waals surface area contributed by atoms with Crippen molar-refractivity contribution in [3.05, 3.63) is 11.6 Å². The Bertz CT molecular complexity index is 112. The topological polar surface area (TPSA) is 0 Å². The minimum Gasteiger partial charge on any atom is -0.241 e. The summed E-state index contributed by atoms with van der Waals surface area (Å²) in [5.74, 6) is 0. The molecule has 0 radical (unpaired) electrons. The van der Waals surface area contributed by atoms with Gasteiger partial charge < -0.3 is 0 Å². The zero-order valence-corrected chi connectivity index (χ0v) is 8.39. The van der Waals surface area contributed by atoms with Gasteiger partial charge in [-0.05, 0) is 5.57 Å². The average Bonchev–Trinajstić information content (AvgIpc) is 2.25. The second-order valence-electron chi connectivity index (χ2n) is 1.66. The highest BCUT2D eigenvalue weighted by molar-refractivity contribution is 14.1. The van der Waals surface area contributed by atoms with Gasteiger partial charge >= 0.3 is 0 Å². The van der Waals surface area contributed by atoms with Crippen LogP contribution in [0.15, 0.2) is 11.6 Å². The maximum absolute atomic E-state index is 12.3. The van der Waals surface area contributed by atoms with E-state index in [1.165, 1.54) is 0 Å². The fourth-order valence-corrected chi connectivity index (χ4v) is 1.85. The molecule has 1 aliphatic carbocycles. The SMILES string of the molecule is FC1/C(=C\CI)C1I. The molecule has 0 aromatic carbocycles. The van der Waals surface area contributed by atoms with Crippen molar-refractivity contribution in [3.63, 3.8) is 0 Å². The van der Waals surface area contributed by atoms with Crippen molar-refractivity contribution in [2.75, 3.05) is 4.43 Å². The van der Waals surface area contributed by atoms with Gasteiger partial charge in [0.05, 0.1) is 3.92 Å². The summed E-state index contributed by atoms with van der Waals surface area (Å²) in [6.07, 6.45) is 1.34. The lowest BCUT2D eigenvalue weighted by molar-refractivity contribution is 0.501. The van der Waals surface area contributed by atoms with E-state index in [1.807, 2.05) is 6.08 Å². The summed E-state index contributed by atoms with van der Waals surface area (Å²) in [5, 5.41) is 0. The van der Waals surface area contributed by atoms with E-state index in [1.54, 1.807) is 0 Å². The van der Waals surface area contributed by atoms with E-state index >= 15 is 0 Å². The third-order valence-electron chi connectivity index (χ3n) is 1.10. The van der Waals surface area contributed by atoms with Crippen LogP contribution in [0.4, 0.5) is 4.39 Å². The first-order chi connectivity index (χ1) is 3.77. The molecular weight excluding hydrogens is 333 g/mol. The first-order valence-electron chi connectivity index (χ1n) is 2.31. The monoisotopic (exact) mass is 338 g/mol. The molecule has 0 heterocycles. The summed E-state index contributed by atoms with van der Waals surface area (Å²) in [5.41, 5.74) is 0.986. The molecule has 0 spiro atoms. The molecule has 0 bridgehead atoms. The number of halogens is 3. The van der Waals surface area contributed by atoms with Crippen LogP contribution < -0.4 is 0 Å². The lowest BCUT2D eigenvalue weighted by Gasteiger charge is -1.68. The molecule has 2 atom stereocenters. The van der Waals surface area contributed by atoms with Gasteiger partial charge in [0.1, 0.15) is 6.17 Å². The molecule has 0 amide bonds. The van der Waals surface area contributed by atoms with Crippen LogP contribution in [0.25, 0.3) is 0 Å². The molecule has 0 nitrogen and oxygen atoms in total. The van der Waals surface area contributed by atoms with Crippen molar-refractivity contribution < 1.29 is 4.39 Å². The highest BCUT2D eigenvalue weighted by atomic mass is 127. The van der Waals surface area contributed by atoms with E-state index in [2.05, 4.69) is 45.2 Å². The standard InChI is InChI=1S/C5H5FI2/c6-4-3(1-2-7)5(4)8/h1,4-5H,2H2/b3-1+. The Morgan fingerprint density at radius 3 is 2.38 bits per heavy atom. The Morgan fingerprint density at radius 1 is 1.75 bits per heavy atom. The van der Waals surface area contributed by atoms with Gasteiger partial charge in [0.15, 0.2) is 0 Å². The Hall–Kier alpha value is 1.13. The Labute approximate surface area is 75.2 Å². The number of alkyl halides is 3. The molecule has 0 aromatic rings. The molecule has 1 saturated carbocycles. The van der Waals surface area contributed by atoms with Crippen LogP contribution in [0.2, 0.25) is 0 Å². The average molecular weight is 338 g/mol. The van der Waals surface area contributed by atoms with Gasteiger partial charge in [0.25, 0.3) is 0 Å². The van der Waals surface area contributed by atoms with Gasteiger partial charge in [-0.3, -0.25) is 0 Å². The van der Waals surface area contributed by atoms with Gasteiger partial charge in [-0.1, -0.05) is 51.3 Å². The van der Waals surface area contributed by atoms with Crippen LogP contribution in [0.5, 0.6) is 0 Å². The highest BCUT2D eigenvalue weighted by Gasteiger charge is 2.41. The quantitative estimate of drug-likeness (QED) is 0.392. The fourth-order valence-electron chi connectivity index (χ4n) is 0.532. The first-order valence-corrected chi connectivity index (χ1v) is 5.08. The molecule has 0 aliphatic heterocycles. The van der Waals surface area contributed by atoms with Crippen LogP contribution >= 0.6 is 45.2 Å². The van der Waals surface area contributed by atoms with Crippen LogP contribution in [0, 0.1) is 0 Å². The van der Waals surface area contributed by atoms with Crippen LogP contribution in [-0.2, 0) is 0 Å². The minimum absolute atomic E-state index is 0.197. The molecule has 8 heavy (non-hydrogen) atoms. The molecule has 1 fully saturated rings. The summed E-state index contributed by atoms with van der Waals surface area (Å²) in [6, 6.07) is 0.